The molecule has 1 aromatic carbocycles. The van der Waals surface area contributed by atoms with Crippen LogP contribution in [0.2, 0.25) is 0 Å². The standard InChI is InChI=1S/C15H17N3OS/c1-3-12-5-7-13(8-6-12)18-14(19)11(2)20-15-16-9-4-10-17-15/h4-11H,3H2,1-2H3,(H,18,19)/t11-/m1/s1. The summed E-state index contributed by atoms with van der Waals surface area (Å²) in [6.07, 6.45) is 4.33. The number of hydrogen-bond donors (Lipinski definition) is 1. The molecule has 0 unspecified atom stereocenters. The first-order valence-corrected chi connectivity index (χ1v) is 7.40. The molecule has 0 aliphatic rings. The van der Waals surface area contributed by atoms with E-state index in [4.69, 9.17) is 0 Å². The Balaban J connectivity index is 1.93. The molecule has 0 saturated heterocycles. The van der Waals surface area contributed by atoms with Gasteiger partial charge < -0.3 is 5.32 Å². The molecular weight excluding hydrogens is 270 g/mol. The van der Waals surface area contributed by atoms with Gasteiger partial charge in [-0.1, -0.05) is 30.8 Å². The van der Waals surface area contributed by atoms with E-state index in [0.717, 1.165) is 12.1 Å². The SMILES string of the molecule is CCc1ccc(NC(=O)[C@@H](C)Sc2ncccn2)cc1. The molecular formula is C15H17N3OS. The van der Waals surface area contributed by atoms with Crippen molar-refractivity contribution in [2.45, 2.75) is 30.7 Å². The second-order valence-corrected chi connectivity index (χ2v) is 5.64. The third-order valence-electron chi connectivity index (χ3n) is 2.82. The topological polar surface area (TPSA) is 54.9 Å². The molecule has 0 radical (unpaired) electrons. The highest BCUT2D eigenvalue weighted by Gasteiger charge is 2.15. The van der Waals surface area contributed by atoms with Gasteiger partial charge in [0.05, 0.1) is 5.25 Å². The average Bonchev–Trinajstić information content (AvgIpc) is 2.49. The highest BCUT2D eigenvalue weighted by Crippen LogP contribution is 2.20. The van der Waals surface area contributed by atoms with E-state index in [9.17, 15) is 4.79 Å². The van der Waals surface area contributed by atoms with Crippen molar-refractivity contribution >= 4 is 23.4 Å². The first kappa shape index (κ1) is 14.5. The van der Waals surface area contributed by atoms with Crippen molar-refractivity contribution in [2.24, 2.45) is 0 Å². The minimum atomic E-state index is -0.247. The van der Waals surface area contributed by atoms with Gasteiger partial charge in [-0.05, 0) is 37.1 Å². The van der Waals surface area contributed by atoms with Gasteiger partial charge in [0.2, 0.25) is 5.91 Å². The molecule has 0 fully saturated rings. The van der Waals surface area contributed by atoms with Crippen LogP contribution < -0.4 is 5.32 Å². The number of carbonyl (C=O) groups is 1. The molecule has 1 heterocycles. The zero-order valence-electron chi connectivity index (χ0n) is 11.5. The summed E-state index contributed by atoms with van der Waals surface area (Å²) in [5, 5.41) is 3.26. The van der Waals surface area contributed by atoms with Crippen molar-refractivity contribution in [1.29, 1.82) is 0 Å². The van der Waals surface area contributed by atoms with Crippen LogP contribution in [0, 0.1) is 0 Å². The number of carbonyl (C=O) groups excluding carboxylic acids is 1. The Bertz CT molecular complexity index is 557. The van der Waals surface area contributed by atoms with Gasteiger partial charge in [-0.25, -0.2) is 9.97 Å². The number of nitrogens with zero attached hydrogens (tertiary/aromatic N) is 2. The van der Waals surface area contributed by atoms with E-state index >= 15 is 0 Å². The second kappa shape index (κ2) is 7.05. The van der Waals surface area contributed by atoms with Crippen LogP contribution in [-0.2, 0) is 11.2 Å². The maximum atomic E-state index is 12.1. The number of aryl methyl sites for hydroxylation is 1. The number of anilines is 1. The Hall–Kier alpha value is -1.88. The second-order valence-electron chi connectivity index (χ2n) is 4.33. The predicted octanol–water partition coefficient (Wildman–Crippen LogP) is 3.16. The van der Waals surface area contributed by atoms with E-state index in [0.29, 0.717) is 5.16 Å². The minimum Gasteiger partial charge on any atom is -0.325 e. The van der Waals surface area contributed by atoms with Crippen molar-refractivity contribution in [3.05, 3.63) is 48.3 Å². The van der Waals surface area contributed by atoms with Crippen LogP contribution in [0.3, 0.4) is 0 Å². The summed E-state index contributed by atoms with van der Waals surface area (Å²) < 4.78 is 0. The molecule has 20 heavy (non-hydrogen) atoms. The lowest BCUT2D eigenvalue weighted by atomic mass is 10.1. The molecule has 1 aromatic heterocycles. The Labute approximate surface area is 123 Å². The lowest BCUT2D eigenvalue weighted by Gasteiger charge is -2.11. The zero-order chi connectivity index (χ0) is 14.4. The van der Waals surface area contributed by atoms with Crippen LogP contribution in [0.1, 0.15) is 19.4 Å². The first-order valence-electron chi connectivity index (χ1n) is 6.52. The zero-order valence-corrected chi connectivity index (χ0v) is 12.4. The Kier molecular flexibility index (Phi) is 5.12. The molecule has 2 aromatic rings. The molecule has 4 nitrogen and oxygen atoms in total. The summed E-state index contributed by atoms with van der Waals surface area (Å²) in [6.45, 7) is 3.95. The Morgan fingerprint density at radius 2 is 1.90 bits per heavy atom. The van der Waals surface area contributed by atoms with Crippen molar-refractivity contribution < 1.29 is 4.79 Å². The summed E-state index contributed by atoms with van der Waals surface area (Å²) in [5.74, 6) is -0.0494. The lowest BCUT2D eigenvalue weighted by Crippen LogP contribution is -2.22. The van der Waals surface area contributed by atoms with Crippen LogP contribution in [0.25, 0.3) is 0 Å². The highest BCUT2D eigenvalue weighted by atomic mass is 32.2. The van der Waals surface area contributed by atoms with Crippen molar-refractivity contribution in [3.8, 4) is 0 Å². The lowest BCUT2D eigenvalue weighted by molar-refractivity contribution is -0.115. The first-order chi connectivity index (χ1) is 9.69. The molecule has 104 valence electrons. The summed E-state index contributed by atoms with van der Waals surface area (Å²) in [4.78, 5) is 20.3. The number of benzene rings is 1. The molecule has 0 bridgehead atoms. The summed E-state index contributed by atoms with van der Waals surface area (Å²) in [6, 6.07) is 9.64. The van der Waals surface area contributed by atoms with Gasteiger partial charge in [-0.3, -0.25) is 4.79 Å². The monoisotopic (exact) mass is 287 g/mol. The van der Waals surface area contributed by atoms with Crippen LogP contribution in [0.5, 0.6) is 0 Å². The number of amides is 1. The summed E-state index contributed by atoms with van der Waals surface area (Å²) >= 11 is 1.34. The normalized spacial score (nSPS) is 11.9. The van der Waals surface area contributed by atoms with E-state index in [-0.39, 0.29) is 11.2 Å². The molecule has 5 heteroatoms. The summed E-state index contributed by atoms with van der Waals surface area (Å²) in [5.41, 5.74) is 2.07. The molecule has 1 amide bonds. The number of nitrogens with one attached hydrogen (secondary N) is 1. The van der Waals surface area contributed by atoms with Gasteiger partial charge in [-0.15, -0.1) is 0 Å². The van der Waals surface area contributed by atoms with Crippen molar-refractivity contribution in [3.63, 3.8) is 0 Å². The Morgan fingerprint density at radius 3 is 2.50 bits per heavy atom. The van der Waals surface area contributed by atoms with E-state index in [1.165, 1.54) is 17.3 Å². The maximum absolute atomic E-state index is 12.1. The summed E-state index contributed by atoms with van der Waals surface area (Å²) in [7, 11) is 0. The van der Waals surface area contributed by atoms with E-state index in [2.05, 4.69) is 22.2 Å². The predicted molar refractivity (Wildman–Crippen MR) is 81.8 cm³/mol. The van der Waals surface area contributed by atoms with Crippen molar-refractivity contribution in [1.82, 2.24) is 9.97 Å². The largest absolute Gasteiger partial charge is 0.325 e. The fourth-order valence-electron chi connectivity index (χ4n) is 1.63. The smallest absolute Gasteiger partial charge is 0.237 e. The van der Waals surface area contributed by atoms with Crippen LogP contribution >= 0.6 is 11.8 Å². The number of hydrogen-bond acceptors (Lipinski definition) is 4. The van der Waals surface area contributed by atoms with Gasteiger partial charge in [0.25, 0.3) is 0 Å². The van der Waals surface area contributed by atoms with Gasteiger partial charge >= 0.3 is 0 Å². The van der Waals surface area contributed by atoms with Crippen LogP contribution in [-0.4, -0.2) is 21.1 Å². The van der Waals surface area contributed by atoms with Gasteiger partial charge in [-0.2, -0.15) is 0 Å². The van der Waals surface area contributed by atoms with Crippen LogP contribution in [0.15, 0.2) is 47.9 Å². The number of thioether (sulfide) groups is 1. The average molecular weight is 287 g/mol. The molecule has 0 spiro atoms. The fourth-order valence-corrected chi connectivity index (χ4v) is 2.35. The molecule has 0 aliphatic carbocycles. The number of aromatic nitrogens is 2. The van der Waals surface area contributed by atoms with E-state index in [1.807, 2.05) is 31.2 Å². The third kappa shape index (κ3) is 4.06. The van der Waals surface area contributed by atoms with E-state index in [1.54, 1.807) is 18.5 Å². The van der Waals surface area contributed by atoms with Gasteiger partial charge in [0.1, 0.15) is 0 Å². The van der Waals surface area contributed by atoms with Crippen molar-refractivity contribution in [2.75, 3.05) is 5.32 Å². The molecule has 2 rings (SSSR count). The quantitative estimate of drug-likeness (QED) is 0.678. The maximum Gasteiger partial charge on any atom is 0.237 e. The Morgan fingerprint density at radius 1 is 1.25 bits per heavy atom. The molecule has 1 N–H and O–H groups in total. The molecule has 0 aliphatic heterocycles. The van der Waals surface area contributed by atoms with Gasteiger partial charge in [0.15, 0.2) is 5.16 Å². The molecule has 0 saturated carbocycles. The number of rotatable bonds is 5. The third-order valence-corrected chi connectivity index (χ3v) is 3.81. The van der Waals surface area contributed by atoms with E-state index < -0.39 is 0 Å². The van der Waals surface area contributed by atoms with Gasteiger partial charge in [0, 0.05) is 18.1 Å². The molecule has 1 atom stereocenters. The highest BCUT2D eigenvalue weighted by molar-refractivity contribution is 8.00. The minimum absolute atomic E-state index is 0.0494. The van der Waals surface area contributed by atoms with Crippen LogP contribution in [0.4, 0.5) is 5.69 Å². The fraction of sp³-hybridized carbons (Fsp3) is 0.267.